The minimum atomic E-state index is -0.239. The molecule has 0 bridgehead atoms. The third-order valence-corrected chi connectivity index (χ3v) is 6.01. The third-order valence-electron chi connectivity index (χ3n) is 6.01. The van der Waals surface area contributed by atoms with Crippen LogP contribution in [0.3, 0.4) is 0 Å². The highest BCUT2D eigenvalue weighted by molar-refractivity contribution is 14.0. The van der Waals surface area contributed by atoms with Crippen molar-refractivity contribution in [2.75, 3.05) is 33.0 Å². The average Bonchev–Trinajstić information content (AvgIpc) is 3.11. The molecule has 3 aliphatic rings. The Kier molecular flexibility index (Phi) is 7.79. The lowest BCUT2D eigenvalue weighted by Gasteiger charge is -2.22. The van der Waals surface area contributed by atoms with E-state index in [1.165, 1.54) is 31.7 Å². The van der Waals surface area contributed by atoms with E-state index in [4.69, 9.17) is 14.5 Å². The summed E-state index contributed by atoms with van der Waals surface area (Å²) in [6, 6.07) is 3.06. The highest BCUT2D eigenvalue weighted by atomic mass is 127. The number of aliphatic imine (C=N–C) groups is 1. The van der Waals surface area contributed by atoms with Crippen molar-refractivity contribution in [2.45, 2.75) is 45.6 Å². The van der Waals surface area contributed by atoms with Crippen LogP contribution in [-0.4, -0.2) is 43.8 Å². The molecule has 1 aromatic carbocycles. The maximum atomic E-state index is 13.9. The zero-order chi connectivity index (χ0) is 18.6. The van der Waals surface area contributed by atoms with Crippen molar-refractivity contribution in [1.82, 2.24) is 10.2 Å². The molecule has 2 atom stereocenters. The van der Waals surface area contributed by atoms with Crippen LogP contribution in [0.25, 0.3) is 0 Å². The highest BCUT2D eigenvalue weighted by Gasteiger charge is 2.35. The Morgan fingerprint density at radius 2 is 2.00 bits per heavy atom. The normalized spacial score (nSPS) is 24.1. The Labute approximate surface area is 184 Å². The second kappa shape index (κ2) is 10.1. The Morgan fingerprint density at radius 1 is 1.25 bits per heavy atom. The molecule has 1 aliphatic carbocycles. The number of guanidine groups is 1. The first-order chi connectivity index (χ1) is 13.2. The maximum absolute atomic E-state index is 13.9. The summed E-state index contributed by atoms with van der Waals surface area (Å²) in [4.78, 5) is 7.28. The van der Waals surface area contributed by atoms with Crippen LogP contribution in [0.2, 0.25) is 0 Å². The molecule has 0 aromatic heterocycles. The van der Waals surface area contributed by atoms with Crippen molar-refractivity contribution in [2.24, 2.45) is 16.8 Å². The van der Waals surface area contributed by atoms with Gasteiger partial charge in [-0.1, -0.05) is 12.8 Å². The monoisotopic (exact) mass is 503 g/mol. The van der Waals surface area contributed by atoms with E-state index in [2.05, 4.69) is 17.1 Å². The molecule has 28 heavy (non-hydrogen) atoms. The highest BCUT2D eigenvalue weighted by Crippen LogP contribution is 2.36. The number of likely N-dealkylation sites (tertiary alicyclic amines) is 1. The van der Waals surface area contributed by atoms with Gasteiger partial charge < -0.3 is 19.7 Å². The number of ether oxygens (including phenoxy) is 2. The van der Waals surface area contributed by atoms with Crippen LogP contribution in [-0.2, 0) is 17.8 Å². The van der Waals surface area contributed by atoms with Gasteiger partial charge in [-0.25, -0.2) is 4.39 Å². The van der Waals surface area contributed by atoms with Gasteiger partial charge in [-0.3, -0.25) is 4.99 Å². The van der Waals surface area contributed by atoms with Gasteiger partial charge in [-0.2, -0.15) is 0 Å². The summed E-state index contributed by atoms with van der Waals surface area (Å²) in [5.41, 5.74) is 1.67. The van der Waals surface area contributed by atoms with Gasteiger partial charge in [0, 0.05) is 31.7 Å². The quantitative estimate of drug-likeness (QED) is 0.384. The zero-order valence-electron chi connectivity index (χ0n) is 16.6. The van der Waals surface area contributed by atoms with Gasteiger partial charge >= 0.3 is 0 Å². The molecule has 1 N–H and O–H groups in total. The number of rotatable bonds is 4. The molecule has 0 radical (unpaired) electrons. The predicted octanol–water partition coefficient (Wildman–Crippen LogP) is 3.94. The first kappa shape index (κ1) is 21.6. The van der Waals surface area contributed by atoms with E-state index in [-0.39, 0.29) is 36.6 Å². The minimum absolute atomic E-state index is 0. The fraction of sp³-hybridized carbons (Fsp3) is 0.667. The number of fused-ring (bicyclic) bond motifs is 2. The summed E-state index contributed by atoms with van der Waals surface area (Å²) >= 11 is 0. The molecule has 2 heterocycles. The summed E-state index contributed by atoms with van der Waals surface area (Å²) < 4.78 is 24.8. The lowest BCUT2D eigenvalue weighted by Crippen LogP contribution is -2.40. The van der Waals surface area contributed by atoms with Crippen molar-refractivity contribution in [3.63, 3.8) is 0 Å². The van der Waals surface area contributed by atoms with Crippen molar-refractivity contribution in [1.29, 1.82) is 0 Å². The number of halogens is 2. The fourth-order valence-corrected chi connectivity index (χ4v) is 4.73. The Hall–Kier alpha value is -1.09. The Bertz CT molecular complexity index is 686. The van der Waals surface area contributed by atoms with Crippen LogP contribution in [0, 0.1) is 17.7 Å². The van der Waals surface area contributed by atoms with Gasteiger partial charge in [-0.15, -0.1) is 24.0 Å². The smallest absolute Gasteiger partial charge is 0.193 e. The summed E-state index contributed by atoms with van der Waals surface area (Å²) in [6.45, 7) is 6.46. The van der Waals surface area contributed by atoms with Crippen LogP contribution < -0.4 is 10.1 Å². The average molecular weight is 503 g/mol. The van der Waals surface area contributed by atoms with Crippen LogP contribution in [0.5, 0.6) is 5.75 Å². The minimum Gasteiger partial charge on any atom is -0.467 e. The first-order valence-corrected chi connectivity index (χ1v) is 10.3. The summed E-state index contributed by atoms with van der Waals surface area (Å²) in [5.74, 6) is 3.19. The van der Waals surface area contributed by atoms with Crippen LogP contribution >= 0.6 is 24.0 Å². The molecule has 2 aliphatic heterocycles. The number of benzene rings is 1. The Morgan fingerprint density at radius 3 is 2.71 bits per heavy atom. The lowest BCUT2D eigenvalue weighted by atomic mass is 9.82. The molecule has 2 fully saturated rings. The fourth-order valence-electron chi connectivity index (χ4n) is 4.73. The summed E-state index contributed by atoms with van der Waals surface area (Å²) in [5, 5.41) is 3.44. The molecule has 1 aromatic rings. The van der Waals surface area contributed by atoms with Gasteiger partial charge in [0.1, 0.15) is 11.6 Å². The van der Waals surface area contributed by atoms with Gasteiger partial charge in [0.25, 0.3) is 0 Å². The molecule has 4 rings (SSSR count). The predicted molar refractivity (Wildman–Crippen MR) is 119 cm³/mol. The molecule has 156 valence electrons. The largest absolute Gasteiger partial charge is 0.467 e. The van der Waals surface area contributed by atoms with Gasteiger partial charge in [0.15, 0.2) is 12.8 Å². The lowest BCUT2D eigenvalue weighted by molar-refractivity contribution is -0.0172. The van der Waals surface area contributed by atoms with E-state index in [0.717, 1.165) is 54.3 Å². The van der Waals surface area contributed by atoms with Crippen LogP contribution in [0.15, 0.2) is 17.1 Å². The molecule has 2 unspecified atom stereocenters. The molecule has 7 heteroatoms. The molecule has 1 saturated carbocycles. The van der Waals surface area contributed by atoms with E-state index < -0.39 is 0 Å². The number of hydrogen-bond acceptors (Lipinski definition) is 3. The topological polar surface area (TPSA) is 46.1 Å². The number of nitrogens with zero attached hydrogens (tertiary/aromatic N) is 2. The van der Waals surface area contributed by atoms with Gasteiger partial charge in [0.2, 0.25) is 0 Å². The van der Waals surface area contributed by atoms with E-state index in [9.17, 15) is 4.39 Å². The van der Waals surface area contributed by atoms with Crippen molar-refractivity contribution in [3.8, 4) is 5.75 Å². The van der Waals surface area contributed by atoms with E-state index in [1.807, 2.05) is 0 Å². The molecular weight excluding hydrogens is 472 g/mol. The molecular formula is C21H31FIN3O2. The SMILES string of the molecule is CCNC(=NCCc1cc(F)cc2c1OCOC2)N1CC2CCCCC2C1.I. The van der Waals surface area contributed by atoms with E-state index >= 15 is 0 Å². The molecule has 1 saturated heterocycles. The third kappa shape index (κ3) is 4.90. The second-order valence-electron chi connectivity index (χ2n) is 7.86. The summed E-state index contributed by atoms with van der Waals surface area (Å²) in [7, 11) is 0. The van der Waals surface area contributed by atoms with E-state index in [1.54, 1.807) is 6.07 Å². The van der Waals surface area contributed by atoms with Crippen molar-refractivity contribution in [3.05, 3.63) is 29.1 Å². The number of nitrogens with one attached hydrogen (secondary N) is 1. The van der Waals surface area contributed by atoms with Gasteiger partial charge in [0.05, 0.1) is 6.61 Å². The standard InChI is InChI=1S/C21H30FN3O2.HI/c1-2-23-21(25-11-16-5-3-4-6-17(16)12-25)24-8-7-15-9-19(22)10-18-13-26-14-27-20(15)18;/h9-10,16-17H,2-8,11-14H2,1H3,(H,23,24);1H. The second-order valence-corrected chi connectivity index (χ2v) is 7.86. The summed E-state index contributed by atoms with van der Waals surface area (Å²) in [6.07, 6.45) is 6.12. The van der Waals surface area contributed by atoms with Crippen LogP contribution in [0.1, 0.15) is 43.7 Å². The molecule has 0 amide bonds. The molecule has 5 nitrogen and oxygen atoms in total. The van der Waals surface area contributed by atoms with Crippen molar-refractivity contribution < 1.29 is 13.9 Å². The van der Waals surface area contributed by atoms with Crippen LogP contribution in [0.4, 0.5) is 4.39 Å². The van der Waals surface area contributed by atoms with E-state index in [0.29, 0.717) is 19.6 Å². The van der Waals surface area contributed by atoms with Gasteiger partial charge in [-0.05, 0) is 55.7 Å². The first-order valence-electron chi connectivity index (χ1n) is 10.3. The maximum Gasteiger partial charge on any atom is 0.193 e. The zero-order valence-corrected chi connectivity index (χ0v) is 18.9. The Balaban J connectivity index is 0.00000225. The molecule has 0 spiro atoms. The number of hydrogen-bond donors (Lipinski definition) is 1. The van der Waals surface area contributed by atoms with Crippen molar-refractivity contribution >= 4 is 29.9 Å².